The van der Waals surface area contributed by atoms with E-state index < -0.39 is 6.61 Å². The van der Waals surface area contributed by atoms with Gasteiger partial charge in [0.2, 0.25) is 0 Å². The normalized spacial score (nSPS) is 11.1. The lowest BCUT2D eigenvalue weighted by Crippen LogP contribution is -2.03. The highest BCUT2D eigenvalue weighted by atomic mass is 19.3. The highest BCUT2D eigenvalue weighted by Gasteiger charge is 2.11. The molecule has 0 saturated heterocycles. The molecule has 1 aromatic heterocycles. The molecule has 0 bridgehead atoms. The topological polar surface area (TPSA) is 53.3 Å². The number of nitrogens with zero attached hydrogens (tertiary/aromatic N) is 2. The maximum atomic E-state index is 12.3. The third-order valence-corrected chi connectivity index (χ3v) is 2.82. The van der Waals surface area contributed by atoms with Crippen LogP contribution in [0.1, 0.15) is 15.9 Å². The van der Waals surface area contributed by atoms with Crippen LogP contribution in [0.5, 0.6) is 11.5 Å². The Labute approximate surface area is 125 Å². The Morgan fingerprint density at radius 1 is 1.36 bits per heavy atom. The molecule has 1 heterocycles. The van der Waals surface area contributed by atoms with E-state index in [1.165, 1.54) is 42.3 Å². The number of halogens is 2. The Kier molecular flexibility index (Phi) is 4.88. The van der Waals surface area contributed by atoms with E-state index in [9.17, 15) is 13.6 Å². The molecule has 0 N–H and O–H groups in total. The van der Waals surface area contributed by atoms with E-state index in [1.807, 2.05) is 0 Å². The quantitative estimate of drug-likeness (QED) is 0.608. The number of carbonyl (C=O) groups excluding carboxylic acids is 1. The number of alkyl halides is 2. The average Bonchev–Trinajstić information content (AvgIpc) is 2.91. The van der Waals surface area contributed by atoms with Crippen molar-refractivity contribution in [2.75, 3.05) is 7.11 Å². The van der Waals surface area contributed by atoms with Gasteiger partial charge in [-0.1, -0.05) is 12.1 Å². The molecule has 1 aromatic carbocycles. The summed E-state index contributed by atoms with van der Waals surface area (Å²) in [6, 6.07) is 4.49. The molecule has 0 atom stereocenters. The van der Waals surface area contributed by atoms with Crippen molar-refractivity contribution in [3.63, 3.8) is 0 Å². The highest BCUT2D eigenvalue weighted by Crippen LogP contribution is 2.29. The first kappa shape index (κ1) is 15.7. The fourth-order valence-corrected chi connectivity index (χ4v) is 1.80. The Bertz CT molecular complexity index is 696. The summed E-state index contributed by atoms with van der Waals surface area (Å²) in [5.74, 6) is -0.134. The van der Waals surface area contributed by atoms with E-state index in [0.717, 1.165) is 0 Å². The van der Waals surface area contributed by atoms with Crippen molar-refractivity contribution in [3.05, 3.63) is 47.8 Å². The second-order valence-electron chi connectivity index (χ2n) is 4.39. The zero-order chi connectivity index (χ0) is 16.1. The van der Waals surface area contributed by atoms with Crippen LogP contribution < -0.4 is 9.47 Å². The molecule has 2 aromatic rings. The molecule has 0 spiro atoms. The average molecular weight is 308 g/mol. The van der Waals surface area contributed by atoms with Crippen LogP contribution in [-0.4, -0.2) is 29.3 Å². The van der Waals surface area contributed by atoms with Crippen molar-refractivity contribution in [1.29, 1.82) is 0 Å². The van der Waals surface area contributed by atoms with E-state index in [4.69, 9.17) is 4.74 Å². The number of aryl methyl sites for hydroxylation is 1. The van der Waals surface area contributed by atoms with Crippen molar-refractivity contribution >= 4 is 11.9 Å². The molecule has 0 aliphatic heterocycles. The number of ether oxygens (including phenoxy) is 2. The van der Waals surface area contributed by atoms with Crippen LogP contribution in [0.3, 0.4) is 0 Å². The van der Waals surface area contributed by atoms with Gasteiger partial charge in [-0.3, -0.25) is 9.48 Å². The van der Waals surface area contributed by atoms with Crippen LogP contribution >= 0.6 is 0 Å². The second-order valence-corrected chi connectivity index (χ2v) is 4.39. The number of benzene rings is 1. The van der Waals surface area contributed by atoms with Gasteiger partial charge in [0.1, 0.15) is 0 Å². The molecule has 2 rings (SSSR count). The molecule has 5 nitrogen and oxygen atoms in total. The molecule has 0 aliphatic rings. The fraction of sp³-hybridized carbons (Fsp3) is 0.200. The van der Waals surface area contributed by atoms with Gasteiger partial charge in [0.25, 0.3) is 0 Å². The molecule has 7 heteroatoms. The van der Waals surface area contributed by atoms with E-state index in [1.54, 1.807) is 19.3 Å². The summed E-state index contributed by atoms with van der Waals surface area (Å²) >= 11 is 0. The van der Waals surface area contributed by atoms with Crippen molar-refractivity contribution in [2.24, 2.45) is 7.05 Å². The van der Waals surface area contributed by atoms with Crippen molar-refractivity contribution in [2.45, 2.75) is 6.61 Å². The number of hydrogen-bond acceptors (Lipinski definition) is 4. The number of aromatic nitrogens is 2. The Morgan fingerprint density at radius 3 is 2.73 bits per heavy atom. The van der Waals surface area contributed by atoms with E-state index in [0.29, 0.717) is 11.1 Å². The SMILES string of the molecule is COc1ccc(/C=C\C(=O)c2cnn(C)c2)cc1OC(F)F. The Morgan fingerprint density at radius 2 is 2.14 bits per heavy atom. The minimum atomic E-state index is -2.95. The molecule has 0 unspecified atom stereocenters. The van der Waals surface area contributed by atoms with Crippen LogP contribution in [-0.2, 0) is 7.05 Å². The van der Waals surface area contributed by atoms with Gasteiger partial charge >= 0.3 is 6.61 Å². The standard InChI is InChI=1S/C15H14F2N2O3/c1-19-9-11(8-18-19)12(20)5-3-10-4-6-13(21-2)14(7-10)22-15(16)17/h3-9,15H,1-2H3/b5-3-. The monoisotopic (exact) mass is 308 g/mol. The largest absolute Gasteiger partial charge is 0.493 e. The molecule has 22 heavy (non-hydrogen) atoms. The van der Waals surface area contributed by atoms with Crippen LogP contribution in [0.15, 0.2) is 36.7 Å². The van der Waals surface area contributed by atoms with Gasteiger partial charge in [-0.15, -0.1) is 0 Å². The van der Waals surface area contributed by atoms with Crippen molar-refractivity contribution in [3.8, 4) is 11.5 Å². The molecule has 0 aliphatic carbocycles. The first-order chi connectivity index (χ1) is 10.5. The molecule has 0 fully saturated rings. The van der Waals surface area contributed by atoms with Crippen LogP contribution in [0.2, 0.25) is 0 Å². The molecular weight excluding hydrogens is 294 g/mol. The predicted molar refractivity (Wildman–Crippen MR) is 76.2 cm³/mol. The second kappa shape index (κ2) is 6.84. The number of ketones is 1. The smallest absolute Gasteiger partial charge is 0.387 e. The first-order valence-corrected chi connectivity index (χ1v) is 6.33. The number of allylic oxidation sites excluding steroid dienone is 1. The fourth-order valence-electron chi connectivity index (χ4n) is 1.80. The van der Waals surface area contributed by atoms with Gasteiger partial charge < -0.3 is 9.47 Å². The highest BCUT2D eigenvalue weighted by molar-refractivity contribution is 6.06. The van der Waals surface area contributed by atoms with Gasteiger partial charge in [-0.2, -0.15) is 13.9 Å². The van der Waals surface area contributed by atoms with Crippen molar-refractivity contribution in [1.82, 2.24) is 9.78 Å². The first-order valence-electron chi connectivity index (χ1n) is 6.33. The van der Waals surface area contributed by atoms with Gasteiger partial charge in [-0.25, -0.2) is 0 Å². The summed E-state index contributed by atoms with van der Waals surface area (Å²) in [5.41, 5.74) is 0.977. The predicted octanol–water partition coefficient (Wildman–Crippen LogP) is 2.93. The lowest BCUT2D eigenvalue weighted by atomic mass is 10.1. The summed E-state index contributed by atoms with van der Waals surface area (Å²) < 4.78 is 35.5. The van der Waals surface area contributed by atoms with Gasteiger partial charge in [-0.05, 0) is 23.8 Å². The molecule has 0 radical (unpaired) electrons. The molecular formula is C15H14F2N2O3. The van der Waals surface area contributed by atoms with Gasteiger partial charge in [0, 0.05) is 13.2 Å². The van der Waals surface area contributed by atoms with E-state index in [2.05, 4.69) is 9.84 Å². The maximum Gasteiger partial charge on any atom is 0.387 e. The molecule has 0 saturated carbocycles. The number of rotatable bonds is 6. The molecule has 0 amide bonds. The lowest BCUT2D eigenvalue weighted by Gasteiger charge is -2.10. The minimum Gasteiger partial charge on any atom is -0.493 e. The summed E-state index contributed by atoms with van der Waals surface area (Å²) in [7, 11) is 3.06. The van der Waals surface area contributed by atoms with Gasteiger partial charge in [0.05, 0.1) is 18.9 Å². The van der Waals surface area contributed by atoms with Crippen LogP contribution in [0.4, 0.5) is 8.78 Å². The minimum absolute atomic E-state index is 0.0894. The maximum absolute atomic E-state index is 12.3. The van der Waals surface area contributed by atoms with Crippen LogP contribution in [0.25, 0.3) is 6.08 Å². The third kappa shape index (κ3) is 3.91. The zero-order valence-corrected chi connectivity index (χ0v) is 12.0. The number of hydrogen-bond donors (Lipinski definition) is 0. The molecule has 116 valence electrons. The van der Waals surface area contributed by atoms with E-state index >= 15 is 0 Å². The Hall–Kier alpha value is -2.70. The van der Waals surface area contributed by atoms with Crippen LogP contribution in [0, 0.1) is 0 Å². The number of methoxy groups -OCH3 is 1. The number of carbonyl (C=O) groups is 1. The van der Waals surface area contributed by atoms with Gasteiger partial charge in [0.15, 0.2) is 17.3 Å². The summed E-state index contributed by atoms with van der Waals surface area (Å²) in [5, 5.41) is 3.90. The zero-order valence-electron chi connectivity index (χ0n) is 12.0. The summed E-state index contributed by atoms with van der Waals surface area (Å²) in [4.78, 5) is 11.9. The van der Waals surface area contributed by atoms with E-state index in [-0.39, 0.29) is 17.3 Å². The Balaban J connectivity index is 2.18. The summed E-state index contributed by atoms with van der Waals surface area (Å²) in [6.07, 6.45) is 5.89. The summed E-state index contributed by atoms with van der Waals surface area (Å²) in [6.45, 7) is -2.95. The lowest BCUT2D eigenvalue weighted by molar-refractivity contribution is -0.0512. The third-order valence-electron chi connectivity index (χ3n) is 2.82. The van der Waals surface area contributed by atoms with Crippen molar-refractivity contribution < 1.29 is 23.0 Å².